The van der Waals surface area contributed by atoms with E-state index in [4.69, 9.17) is 5.11 Å². The highest BCUT2D eigenvalue weighted by molar-refractivity contribution is 8.00. The first-order valence-electron chi connectivity index (χ1n) is 5.52. The Balaban J connectivity index is 2.75. The Morgan fingerprint density at radius 2 is 2.19 bits per heavy atom. The third-order valence-corrected chi connectivity index (χ3v) is 3.83. The van der Waals surface area contributed by atoms with Gasteiger partial charge in [0.05, 0.1) is 5.37 Å². The molecule has 0 aromatic rings. The van der Waals surface area contributed by atoms with Crippen LogP contribution >= 0.6 is 11.8 Å². The standard InChI is InChI=1S/C10H18N2O3S/c1-3-5-8-12(10(15)11-4-2)7(6-16-8)9(13)14/h7-8H,3-6H2,1-2H3,(H,11,15)(H,13,14). The van der Waals surface area contributed by atoms with E-state index in [9.17, 15) is 9.59 Å². The number of carbonyl (C=O) groups is 2. The lowest BCUT2D eigenvalue weighted by Crippen LogP contribution is -2.50. The number of hydrogen-bond donors (Lipinski definition) is 2. The van der Waals surface area contributed by atoms with Crippen LogP contribution < -0.4 is 5.32 Å². The summed E-state index contributed by atoms with van der Waals surface area (Å²) in [6.07, 6.45) is 1.78. The van der Waals surface area contributed by atoms with Crippen molar-refractivity contribution < 1.29 is 14.7 Å². The highest BCUT2D eigenvalue weighted by atomic mass is 32.2. The maximum absolute atomic E-state index is 11.8. The Morgan fingerprint density at radius 1 is 1.50 bits per heavy atom. The number of hydrogen-bond acceptors (Lipinski definition) is 3. The van der Waals surface area contributed by atoms with Crippen LogP contribution in [0.25, 0.3) is 0 Å². The van der Waals surface area contributed by atoms with E-state index < -0.39 is 12.0 Å². The van der Waals surface area contributed by atoms with Gasteiger partial charge in [0.1, 0.15) is 6.04 Å². The van der Waals surface area contributed by atoms with Gasteiger partial charge in [0.15, 0.2) is 0 Å². The minimum atomic E-state index is -0.919. The number of rotatable bonds is 4. The third-order valence-electron chi connectivity index (χ3n) is 2.48. The molecule has 5 nitrogen and oxygen atoms in total. The van der Waals surface area contributed by atoms with Crippen molar-refractivity contribution in [1.82, 2.24) is 10.2 Å². The van der Waals surface area contributed by atoms with Crippen LogP contribution in [0, 0.1) is 0 Å². The van der Waals surface area contributed by atoms with Gasteiger partial charge in [-0.25, -0.2) is 9.59 Å². The average molecular weight is 246 g/mol. The monoisotopic (exact) mass is 246 g/mol. The largest absolute Gasteiger partial charge is 0.480 e. The molecule has 1 heterocycles. The number of carbonyl (C=O) groups excluding carboxylic acids is 1. The van der Waals surface area contributed by atoms with Crippen LogP contribution in [-0.4, -0.2) is 45.7 Å². The summed E-state index contributed by atoms with van der Waals surface area (Å²) < 4.78 is 0. The first kappa shape index (κ1) is 13.2. The molecule has 1 rings (SSSR count). The lowest BCUT2D eigenvalue weighted by Gasteiger charge is -2.27. The molecule has 0 aromatic carbocycles. The minimum absolute atomic E-state index is 0.00218. The fourth-order valence-corrected chi connectivity index (χ4v) is 3.25. The molecule has 2 unspecified atom stereocenters. The zero-order chi connectivity index (χ0) is 12.1. The number of nitrogens with one attached hydrogen (secondary N) is 1. The molecule has 1 saturated heterocycles. The van der Waals surface area contributed by atoms with E-state index in [0.29, 0.717) is 12.3 Å². The molecule has 0 radical (unpaired) electrons. The molecule has 2 atom stereocenters. The van der Waals surface area contributed by atoms with Gasteiger partial charge in [-0.05, 0) is 13.3 Å². The maximum atomic E-state index is 11.8. The summed E-state index contributed by atoms with van der Waals surface area (Å²) in [5, 5.41) is 11.7. The van der Waals surface area contributed by atoms with E-state index >= 15 is 0 Å². The van der Waals surface area contributed by atoms with E-state index in [-0.39, 0.29) is 11.4 Å². The number of aliphatic carboxylic acids is 1. The first-order chi connectivity index (χ1) is 7.61. The van der Waals surface area contributed by atoms with Crippen molar-refractivity contribution in [1.29, 1.82) is 0 Å². The lowest BCUT2D eigenvalue weighted by molar-refractivity contribution is -0.141. The first-order valence-corrected chi connectivity index (χ1v) is 6.57. The normalized spacial score (nSPS) is 24.5. The van der Waals surface area contributed by atoms with Crippen LogP contribution in [0.3, 0.4) is 0 Å². The Kier molecular flexibility index (Phi) is 4.92. The van der Waals surface area contributed by atoms with E-state index in [1.165, 1.54) is 4.90 Å². The fraction of sp³-hybridized carbons (Fsp3) is 0.800. The van der Waals surface area contributed by atoms with Gasteiger partial charge in [-0.1, -0.05) is 13.3 Å². The van der Waals surface area contributed by atoms with Crippen molar-refractivity contribution >= 4 is 23.8 Å². The smallest absolute Gasteiger partial charge is 0.327 e. The number of thioether (sulfide) groups is 1. The van der Waals surface area contributed by atoms with Gasteiger partial charge >= 0.3 is 12.0 Å². The summed E-state index contributed by atoms with van der Waals surface area (Å²) in [7, 11) is 0. The number of urea groups is 1. The summed E-state index contributed by atoms with van der Waals surface area (Å²) in [6, 6.07) is -0.952. The number of carboxylic acid groups (broad SMARTS) is 1. The molecule has 2 amide bonds. The highest BCUT2D eigenvalue weighted by Gasteiger charge is 2.40. The molecule has 16 heavy (non-hydrogen) atoms. The Morgan fingerprint density at radius 3 is 2.69 bits per heavy atom. The van der Waals surface area contributed by atoms with Crippen LogP contribution in [0.2, 0.25) is 0 Å². The van der Waals surface area contributed by atoms with Gasteiger partial charge < -0.3 is 10.4 Å². The number of carboxylic acids is 1. The van der Waals surface area contributed by atoms with Gasteiger partial charge in [0.2, 0.25) is 0 Å². The Hall–Kier alpha value is -0.910. The molecular formula is C10H18N2O3S. The van der Waals surface area contributed by atoms with Gasteiger partial charge in [-0.15, -0.1) is 11.8 Å². The minimum Gasteiger partial charge on any atom is -0.480 e. The SMILES string of the molecule is CCCC1SCC(C(=O)O)N1C(=O)NCC. The van der Waals surface area contributed by atoms with Crippen molar-refractivity contribution in [3.63, 3.8) is 0 Å². The third kappa shape index (κ3) is 2.81. The topological polar surface area (TPSA) is 69.6 Å². The second-order valence-electron chi connectivity index (χ2n) is 3.67. The van der Waals surface area contributed by atoms with Crippen molar-refractivity contribution in [3.05, 3.63) is 0 Å². The fourth-order valence-electron chi connectivity index (χ4n) is 1.74. The number of nitrogens with zero attached hydrogens (tertiary/aromatic N) is 1. The van der Waals surface area contributed by atoms with Crippen LogP contribution in [0.1, 0.15) is 26.7 Å². The van der Waals surface area contributed by atoms with E-state index in [0.717, 1.165) is 12.8 Å². The molecule has 1 aliphatic rings. The molecule has 1 fully saturated rings. The molecule has 0 saturated carbocycles. The second kappa shape index (κ2) is 5.98. The molecule has 0 bridgehead atoms. The summed E-state index contributed by atoms with van der Waals surface area (Å²) >= 11 is 1.55. The van der Waals surface area contributed by atoms with E-state index in [1.54, 1.807) is 11.8 Å². The Labute approximate surface area is 99.6 Å². The average Bonchev–Trinajstić information content (AvgIpc) is 2.62. The van der Waals surface area contributed by atoms with Crippen LogP contribution in [0.15, 0.2) is 0 Å². The maximum Gasteiger partial charge on any atom is 0.327 e. The molecular weight excluding hydrogens is 228 g/mol. The molecule has 1 aliphatic heterocycles. The van der Waals surface area contributed by atoms with Crippen LogP contribution in [-0.2, 0) is 4.79 Å². The van der Waals surface area contributed by atoms with Gasteiger partial charge in [0, 0.05) is 12.3 Å². The quantitative estimate of drug-likeness (QED) is 0.785. The molecule has 2 N–H and O–H groups in total. The Bertz CT molecular complexity index is 273. The predicted molar refractivity (Wildman–Crippen MR) is 63.5 cm³/mol. The van der Waals surface area contributed by atoms with E-state index in [2.05, 4.69) is 5.32 Å². The van der Waals surface area contributed by atoms with Crippen LogP contribution in [0.5, 0.6) is 0 Å². The summed E-state index contributed by atoms with van der Waals surface area (Å²) in [6.45, 7) is 4.38. The summed E-state index contributed by atoms with van der Waals surface area (Å²) in [5.41, 5.74) is 0. The van der Waals surface area contributed by atoms with Crippen molar-refractivity contribution in [2.45, 2.75) is 38.1 Å². The molecule has 0 aromatic heterocycles. The van der Waals surface area contributed by atoms with Gasteiger partial charge in [0.25, 0.3) is 0 Å². The molecule has 6 heteroatoms. The van der Waals surface area contributed by atoms with Crippen molar-refractivity contribution in [2.24, 2.45) is 0 Å². The molecule has 0 aliphatic carbocycles. The number of amides is 2. The molecule has 0 spiro atoms. The summed E-state index contributed by atoms with van der Waals surface area (Å²) in [5.74, 6) is -0.436. The van der Waals surface area contributed by atoms with Crippen LogP contribution in [0.4, 0.5) is 4.79 Å². The predicted octanol–water partition coefficient (Wildman–Crippen LogP) is 1.34. The summed E-state index contributed by atoms with van der Waals surface area (Å²) in [4.78, 5) is 24.3. The zero-order valence-electron chi connectivity index (χ0n) is 9.60. The second-order valence-corrected chi connectivity index (χ2v) is 4.88. The zero-order valence-corrected chi connectivity index (χ0v) is 10.4. The lowest BCUT2D eigenvalue weighted by atomic mass is 10.2. The molecule has 92 valence electrons. The van der Waals surface area contributed by atoms with E-state index in [1.807, 2.05) is 13.8 Å². The van der Waals surface area contributed by atoms with Gasteiger partial charge in [-0.3, -0.25) is 4.90 Å². The highest BCUT2D eigenvalue weighted by Crippen LogP contribution is 2.32. The van der Waals surface area contributed by atoms with Gasteiger partial charge in [-0.2, -0.15) is 0 Å². The van der Waals surface area contributed by atoms with Crippen molar-refractivity contribution in [2.75, 3.05) is 12.3 Å². The van der Waals surface area contributed by atoms with Crippen molar-refractivity contribution in [3.8, 4) is 0 Å².